The molecule has 0 saturated carbocycles. The lowest BCUT2D eigenvalue weighted by Crippen LogP contribution is -2.54. The molecule has 0 aliphatic carbocycles. The van der Waals surface area contributed by atoms with Crippen LogP contribution in [0.4, 0.5) is 0 Å². The zero-order valence-corrected chi connectivity index (χ0v) is 16.7. The Bertz CT molecular complexity index is 910. The summed E-state index contributed by atoms with van der Waals surface area (Å²) in [6, 6.07) is 4.54. The van der Waals surface area contributed by atoms with Crippen LogP contribution in [0, 0.1) is 0 Å². The van der Waals surface area contributed by atoms with Crippen LogP contribution in [0.3, 0.4) is 0 Å². The molecule has 3 N–H and O–H groups in total. The average Bonchev–Trinajstić information content (AvgIpc) is 2.88. The van der Waals surface area contributed by atoms with E-state index in [2.05, 4.69) is 24.1 Å². The molecule has 2 atom stereocenters. The second-order valence-electron chi connectivity index (χ2n) is 8.81. The molecule has 1 aromatic rings. The third-order valence-corrected chi connectivity index (χ3v) is 6.27. The van der Waals surface area contributed by atoms with Crippen molar-refractivity contribution in [3.63, 3.8) is 0 Å². The first-order valence-electron chi connectivity index (χ1n) is 10.0. The third-order valence-electron chi connectivity index (χ3n) is 6.27. The second kappa shape index (κ2) is 7.03. The zero-order chi connectivity index (χ0) is 20.9. The van der Waals surface area contributed by atoms with Crippen molar-refractivity contribution in [2.75, 3.05) is 6.54 Å². The van der Waals surface area contributed by atoms with Gasteiger partial charge in [0.05, 0.1) is 11.1 Å². The molecule has 29 heavy (non-hydrogen) atoms. The summed E-state index contributed by atoms with van der Waals surface area (Å²) < 4.78 is 0. The van der Waals surface area contributed by atoms with Crippen LogP contribution in [-0.4, -0.2) is 57.6 Å². The monoisotopic (exact) mass is 398 g/mol. The van der Waals surface area contributed by atoms with Gasteiger partial charge in [-0.05, 0) is 50.8 Å². The van der Waals surface area contributed by atoms with E-state index >= 15 is 0 Å². The van der Waals surface area contributed by atoms with Crippen molar-refractivity contribution in [1.29, 1.82) is 0 Å². The number of benzene rings is 1. The summed E-state index contributed by atoms with van der Waals surface area (Å²) in [6.07, 6.45) is 2.10. The second-order valence-corrected chi connectivity index (χ2v) is 8.81. The minimum absolute atomic E-state index is 0.0464. The van der Waals surface area contributed by atoms with Crippen LogP contribution in [-0.2, 0) is 16.1 Å². The topological polar surface area (TPSA) is 113 Å². The number of piperidine rings is 2. The number of fused-ring (bicyclic) bond motifs is 1. The molecule has 8 nitrogen and oxygen atoms in total. The lowest BCUT2D eigenvalue weighted by Gasteiger charge is -2.45. The molecule has 2 fully saturated rings. The van der Waals surface area contributed by atoms with E-state index in [-0.39, 0.29) is 30.3 Å². The molecule has 0 radical (unpaired) electrons. The smallest absolute Gasteiger partial charge is 0.262 e. The van der Waals surface area contributed by atoms with E-state index in [9.17, 15) is 19.2 Å². The molecule has 154 valence electrons. The number of hydrogen-bond donors (Lipinski definition) is 2. The normalized spacial score (nSPS) is 27.2. The number of likely N-dealkylation sites (tertiary alicyclic amines) is 1. The molecule has 3 aliphatic heterocycles. The molecule has 0 aromatic heterocycles. The summed E-state index contributed by atoms with van der Waals surface area (Å²) in [4.78, 5) is 52.6. The Hall–Kier alpha value is -2.58. The molecular formula is C21H26N4O4. The lowest BCUT2D eigenvalue weighted by molar-refractivity contribution is -0.136. The van der Waals surface area contributed by atoms with Gasteiger partial charge in [-0.15, -0.1) is 0 Å². The number of hydrogen-bond acceptors (Lipinski definition) is 6. The molecule has 1 aromatic carbocycles. The van der Waals surface area contributed by atoms with Gasteiger partial charge < -0.3 is 5.73 Å². The molecule has 0 spiro atoms. The number of amides is 4. The number of imide groups is 2. The maximum atomic E-state index is 13.0. The average molecular weight is 398 g/mol. The number of nitrogens with one attached hydrogen (secondary N) is 1. The lowest BCUT2D eigenvalue weighted by atomic mass is 9.87. The Morgan fingerprint density at radius 2 is 1.83 bits per heavy atom. The van der Waals surface area contributed by atoms with Crippen molar-refractivity contribution >= 4 is 23.6 Å². The van der Waals surface area contributed by atoms with Crippen LogP contribution in [0.5, 0.6) is 0 Å². The van der Waals surface area contributed by atoms with Crippen molar-refractivity contribution in [3.8, 4) is 0 Å². The van der Waals surface area contributed by atoms with E-state index in [4.69, 9.17) is 5.73 Å². The highest BCUT2D eigenvalue weighted by Crippen LogP contribution is 2.31. The Labute approximate surface area is 169 Å². The molecule has 4 rings (SSSR count). The fraction of sp³-hybridized carbons (Fsp3) is 0.524. The summed E-state index contributed by atoms with van der Waals surface area (Å²) in [6.45, 7) is 5.87. The van der Waals surface area contributed by atoms with Gasteiger partial charge in [-0.3, -0.25) is 34.3 Å². The Kier molecular flexibility index (Phi) is 4.78. The number of nitrogens with two attached hydrogens (primary N) is 1. The molecule has 8 heteroatoms. The highest BCUT2D eigenvalue weighted by molar-refractivity contribution is 6.23. The standard InChI is InChI=1S/C21H26N4O4/c1-21(2)10-13(22)7-8-24(21)11-12-3-4-14-15(9-12)20(29)25(19(14)28)16-5-6-17(26)23-18(16)27/h3-4,9,13,16H,5-8,10-11,22H2,1-2H3,(H,23,26,27). The van der Waals surface area contributed by atoms with Gasteiger partial charge in [0, 0.05) is 31.1 Å². The van der Waals surface area contributed by atoms with Crippen LogP contribution >= 0.6 is 0 Å². The number of rotatable bonds is 3. The van der Waals surface area contributed by atoms with Crippen LogP contribution < -0.4 is 11.1 Å². The van der Waals surface area contributed by atoms with Crippen molar-refractivity contribution in [1.82, 2.24) is 15.1 Å². The zero-order valence-electron chi connectivity index (χ0n) is 16.7. The van der Waals surface area contributed by atoms with Gasteiger partial charge in [0.15, 0.2) is 0 Å². The highest BCUT2D eigenvalue weighted by Gasteiger charge is 2.44. The predicted octanol–water partition coefficient (Wildman–Crippen LogP) is 0.790. The minimum atomic E-state index is -0.939. The molecule has 2 unspecified atom stereocenters. The fourth-order valence-corrected chi connectivity index (χ4v) is 4.63. The molecule has 3 heterocycles. The summed E-state index contributed by atoms with van der Waals surface area (Å²) in [5, 5.41) is 2.21. The van der Waals surface area contributed by atoms with Gasteiger partial charge >= 0.3 is 0 Å². The van der Waals surface area contributed by atoms with Gasteiger partial charge in [-0.2, -0.15) is 0 Å². The summed E-state index contributed by atoms with van der Waals surface area (Å²) in [5.41, 5.74) is 7.64. The SMILES string of the molecule is CC1(C)CC(N)CCN1Cc1ccc2c(c1)C(=O)N(C1CCC(=O)NC1=O)C2=O. The van der Waals surface area contributed by atoms with Crippen LogP contribution in [0.2, 0.25) is 0 Å². The summed E-state index contributed by atoms with van der Waals surface area (Å²) >= 11 is 0. The first-order chi connectivity index (χ1) is 13.7. The predicted molar refractivity (Wildman–Crippen MR) is 105 cm³/mol. The Balaban J connectivity index is 1.56. The van der Waals surface area contributed by atoms with Gasteiger partial charge in [-0.1, -0.05) is 6.07 Å². The molecular weight excluding hydrogens is 372 g/mol. The van der Waals surface area contributed by atoms with E-state index in [0.717, 1.165) is 29.8 Å². The molecule has 2 saturated heterocycles. The first kappa shape index (κ1) is 19.7. The summed E-state index contributed by atoms with van der Waals surface area (Å²) in [5.74, 6) is -1.92. The van der Waals surface area contributed by atoms with Gasteiger partial charge in [0.2, 0.25) is 11.8 Å². The fourth-order valence-electron chi connectivity index (χ4n) is 4.63. The minimum Gasteiger partial charge on any atom is -0.328 e. The molecule has 0 bridgehead atoms. The number of carbonyl (C=O) groups is 4. The van der Waals surface area contributed by atoms with Crippen molar-refractivity contribution in [2.24, 2.45) is 5.73 Å². The largest absolute Gasteiger partial charge is 0.328 e. The van der Waals surface area contributed by atoms with Gasteiger partial charge in [0.1, 0.15) is 6.04 Å². The van der Waals surface area contributed by atoms with Gasteiger partial charge in [0.25, 0.3) is 11.8 Å². The Morgan fingerprint density at radius 3 is 2.52 bits per heavy atom. The maximum Gasteiger partial charge on any atom is 0.262 e. The first-order valence-corrected chi connectivity index (χ1v) is 10.0. The van der Waals surface area contributed by atoms with Crippen LogP contribution in [0.1, 0.15) is 65.8 Å². The highest BCUT2D eigenvalue weighted by atomic mass is 16.2. The van der Waals surface area contributed by atoms with Crippen molar-refractivity contribution in [2.45, 2.75) is 63.7 Å². The maximum absolute atomic E-state index is 13.0. The Morgan fingerprint density at radius 1 is 1.10 bits per heavy atom. The van der Waals surface area contributed by atoms with Crippen LogP contribution in [0.15, 0.2) is 18.2 Å². The van der Waals surface area contributed by atoms with Gasteiger partial charge in [-0.25, -0.2) is 0 Å². The van der Waals surface area contributed by atoms with Crippen LogP contribution in [0.25, 0.3) is 0 Å². The molecule has 4 amide bonds. The number of nitrogens with zero attached hydrogens (tertiary/aromatic N) is 2. The number of carbonyl (C=O) groups excluding carboxylic acids is 4. The van der Waals surface area contributed by atoms with E-state index in [1.54, 1.807) is 12.1 Å². The van der Waals surface area contributed by atoms with Crippen molar-refractivity contribution < 1.29 is 19.2 Å². The van der Waals surface area contributed by atoms with E-state index in [1.807, 2.05) is 6.07 Å². The third kappa shape index (κ3) is 3.47. The summed E-state index contributed by atoms with van der Waals surface area (Å²) in [7, 11) is 0. The molecule has 3 aliphatic rings. The van der Waals surface area contributed by atoms with E-state index in [1.165, 1.54) is 0 Å². The van der Waals surface area contributed by atoms with E-state index in [0.29, 0.717) is 17.7 Å². The van der Waals surface area contributed by atoms with Crippen molar-refractivity contribution in [3.05, 3.63) is 34.9 Å². The quantitative estimate of drug-likeness (QED) is 0.728. The van der Waals surface area contributed by atoms with E-state index < -0.39 is 23.8 Å².